The molecule has 98 valence electrons. The summed E-state index contributed by atoms with van der Waals surface area (Å²) in [5.41, 5.74) is 1.27. The van der Waals surface area contributed by atoms with Crippen molar-refractivity contribution in [1.29, 1.82) is 0 Å². The van der Waals surface area contributed by atoms with Crippen LogP contribution in [0, 0.1) is 11.8 Å². The molecule has 0 saturated heterocycles. The van der Waals surface area contributed by atoms with Crippen LogP contribution in [0.1, 0.15) is 44.9 Å². The van der Waals surface area contributed by atoms with Crippen LogP contribution < -0.4 is 5.32 Å². The minimum atomic E-state index is 0.693. The molecule has 1 aromatic carbocycles. The van der Waals surface area contributed by atoms with Crippen LogP contribution in [0.4, 0.5) is 5.69 Å². The molecule has 2 aliphatic carbocycles. The number of fused-ring (bicyclic) bond motifs is 1. The minimum Gasteiger partial charge on any atom is -0.382 e. The molecule has 0 bridgehead atoms. The average molecular weight is 308 g/mol. The van der Waals surface area contributed by atoms with E-state index in [1.54, 1.807) is 0 Å². The van der Waals surface area contributed by atoms with Crippen molar-refractivity contribution < 1.29 is 0 Å². The molecule has 1 N–H and O–H groups in total. The van der Waals surface area contributed by atoms with E-state index in [4.69, 9.17) is 0 Å². The third kappa shape index (κ3) is 2.90. The van der Waals surface area contributed by atoms with Gasteiger partial charge in [0, 0.05) is 16.2 Å². The Kier molecular flexibility index (Phi) is 3.93. The van der Waals surface area contributed by atoms with E-state index in [2.05, 4.69) is 45.5 Å². The first-order valence-electron chi connectivity index (χ1n) is 7.33. The summed E-state index contributed by atoms with van der Waals surface area (Å²) < 4.78 is 1.17. The molecule has 2 aliphatic rings. The third-order valence-corrected chi connectivity index (χ3v) is 5.23. The summed E-state index contributed by atoms with van der Waals surface area (Å²) in [4.78, 5) is 0. The molecule has 0 heterocycles. The summed E-state index contributed by atoms with van der Waals surface area (Å²) in [7, 11) is 0. The maximum absolute atomic E-state index is 3.72. The average Bonchev–Trinajstić information content (AvgIpc) is 2.39. The highest BCUT2D eigenvalue weighted by molar-refractivity contribution is 9.10. The predicted octanol–water partition coefficient (Wildman–Crippen LogP) is 5.22. The van der Waals surface area contributed by atoms with Gasteiger partial charge in [-0.05, 0) is 49.3 Å². The van der Waals surface area contributed by atoms with Crippen LogP contribution in [0.2, 0.25) is 0 Å². The fraction of sp³-hybridized carbons (Fsp3) is 0.625. The second-order valence-electron chi connectivity index (χ2n) is 5.97. The fourth-order valence-electron chi connectivity index (χ4n) is 3.82. The molecular formula is C16H22BrN. The summed E-state index contributed by atoms with van der Waals surface area (Å²) in [5.74, 6) is 2.04. The van der Waals surface area contributed by atoms with Gasteiger partial charge in [-0.25, -0.2) is 0 Å². The number of halogens is 1. The normalized spacial score (nSPS) is 31.7. The lowest BCUT2D eigenvalue weighted by molar-refractivity contribution is 0.162. The Balaban J connectivity index is 1.61. The smallest absolute Gasteiger partial charge is 0.0353 e. The number of rotatable bonds is 2. The largest absolute Gasteiger partial charge is 0.382 e. The van der Waals surface area contributed by atoms with Gasteiger partial charge in [0.05, 0.1) is 0 Å². The Morgan fingerprint density at radius 2 is 1.83 bits per heavy atom. The highest BCUT2D eigenvalue weighted by atomic mass is 79.9. The zero-order valence-corrected chi connectivity index (χ0v) is 12.5. The molecule has 18 heavy (non-hydrogen) atoms. The van der Waals surface area contributed by atoms with Crippen LogP contribution in [0.15, 0.2) is 28.7 Å². The Bertz CT molecular complexity index is 404. The molecule has 1 nitrogen and oxygen atoms in total. The van der Waals surface area contributed by atoms with Crippen LogP contribution in [-0.4, -0.2) is 6.04 Å². The highest BCUT2D eigenvalue weighted by Crippen LogP contribution is 2.41. The molecule has 2 heteroatoms. The number of anilines is 1. The maximum atomic E-state index is 3.72. The first kappa shape index (κ1) is 12.5. The predicted molar refractivity (Wildman–Crippen MR) is 80.9 cm³/mol. The first-order valence-corrected chi connectivity index (χ1v) is 8.12. The Hall–Kier alpha value is -0.500. The Labute approximate surface area is 118 Å². The molecule has 0 aromatic heterocycles. The van der Waals surface area contributed by atoms with Gasteiger partial charge in [0.2, 0.25) is 0 Å². The lowest BCUT2D eigenvalue weighted by Gasteiger charge is -2.39. The first-order chi connectivity index (χ1) is 8.81. The van der Waals surface area contributed by atoms with Crippen molar-refractivity contribution in [3.63, 3.8) is 0 Å². The van der Waals surface area contributed by atoms with Gasteiger partial charge in [-0.1, -0.05) is 47.7 Å². The molecule has 0 amide bonds. The standard InChI is InChI=1S/C16H22BrN/c17-14-6-3-7-15(11-14)18-16-9-8-12-4-1-2-5-13(12)10-16/h3,6-7,11-13,16,18H,1-2,4-5,8-10H2. The van der Waals surface area contributed by atoms with Gasteiger partial charge in [0.1, 0.15) is 0 Å². The lowest BCUT2D eigenvalue weighted by Crippen LogP contribution is -2.34. The number of hydrogen-bond donors (Lipinski definition) is 1. The van der Waals surface area contributed by atoms with E-state index >= 15 is 0 Å². The van der Waals surface area contributed by atoms with Crippen LogP contribution in [-0.2, 0) is 0 Å². The van der Waals surface area contributed by atoms with E-state index in [0.717, 1.165) is 11.8 Å². The Morgan fingerprint density at radius 1 is 1.00 bits per heavy atom. The topological polar surface area (TPSA) is 12.0 Å². The lowest BCUT2D eigenvalue weighted by atomic mass is 9.69. The van der Waals surface area contributed by atoms with E-state index < -0.39 is 0 Å². The zero-order valence-electron chi connectivity index (χ0n) is 10.9. The molecule has 2 fully saturated rings. The van der Waals surface area contributed by atoms with E-state index in [9.17, 15) is 0 Å². The second kappa shape index (κ2) is 5.64. The SMILES string of the molecule is Brc1cccc(NC2CCC3CCCCC3C2)c1. The van der Waals surface area contributed by atoms with Crippen molar-refractivity contribution in [3.05, 3.63) is 28.7 Å². The molecule has 2 saturated carbocycles. The molecule has 1 aromatic rings. The number of benzene rings is 1. The van der Waals surface area contributed by atoms with E-state index in [0.29, 0.717) is 6.04 Å². The summed E-state index contributed by atoms with van der Waals surface area (Å²) in [5, 5.41) is 3.72. The van der Waals surface area contributed by atoms with Crippen molar-refractivity contribution in [3.8, 4) is 0 Å². The monoisotopic (exact) mass is 307 g/mol. The van der Waals surface area contributed by atoms with Crippen LogP contribution >= 0.6 is 15.9 Å². The quantitative estimate of drug-likeness (QED) is 0.790. The van der Waals surface area contributed by atoms with Gasteiger partial charge in [-0.15, -0.1) is 0 Å². The maximum Gasteiger partial charge on any atom is 0.0353 e. The third-order valence-electron chi connectivity index (χ3n) is 4.74. The van der Waals surface area contributed by atoms with Gasteiger partial charge in [0.25, 0.3) is 0 Å². The molecular weight excluding hydrogens is 286 g/mol. The van der Waals surface area contributed by atoms with E-state index in [-0.39, 0.29) is 0 Å². The van der Waals surface area contributed by atoms with Gasteiger partial charge in [0.15, 0.2) is 0 Å². The van der Waals surface area contributed by atoms with Gasteiger partial charge >= 0.3 is 0 Å². The molecule has 0 radical (unpaired) electrons. The molecule has 3 atom stereocenters. The summed E-state index contributed by atoms with van der Waals surface area (Å²) >= 11 is 3.54. The zero-order chi connectivity index (χ0) is 12.4. The van der Waals surface area contributed by atoms with Crippen LogP contribution in [0.5, 0.6) is 0 Å². The van der Waals surface area contributed by atoms with E-state index in [1.807, 2.05) is 0 Å². The molecule has 0 spiro atoms. The highest BCUT2D eigenvalue weighted by Gasteiger charge is 2.31. The Morgan fingerprint density at radius 3 is 2.67 bits per heavy atom. The van der Waals surface area contributed by atoms with Gasteiger partial charge < -0.3 is 5.32 Å². The summed E-state index contributed by atoms with van der Waals surface area (Å²) in [6.45, 7) is 0. The van der Waals surface area contributed by atoms with Gasteiger partial charge in [-0.3, -0.25) is 0 Å². The van der Waals surface area contributed by atoms with Crippen molar-refractivity contribution >= 4 is 21.6 Å². The van der Waals surface area contributed by atoms with Crippen molar-refractivity contribution in [2.75, 3.05) is 5.32 Å². The minimum absolute atomic E-state index is 0.693. The van der Waals surface area contributed by atoms with E-state index in [1.165, 1.54) is 55.1 Å². The number of nitrogens with one attached hydrogen (secondary N) is 1. The van der Waals surface area contributed by atoms with Crippen LogP contribution in [0.25, 0.3) is 0 Å². The summed E-state index contributed by atoms with van der Waals surface area (Å²) in [6, 6.07) is 9.26. The van der Waals surface area contributed by atoms with Crippen molar-refractivity contribution in [2.24, 2.45) is 11.8 Å². The van der Waals surface area contributed by atoms with Gasteiger partial charge in [-0.2, -0.15) is 0 Å². The van der Waals surface area contributed by atoms with Crippen molar-refractivity contribution in [2.45, 2.75) is 51.0 Å². The second-order valence-corrected chi connectivity index (χ2v) is 6.88. The number of hydrogen-bond acceptors (Lipinski definition) is 1. The molecule has 3 rings (SSSR count). The molecule has 0 aliphatic heterocycles. The van der Waals surface area contributed by atoms with Crippen molar-refractivity contribution in [1.82, 2.24) is 0 Å². The summed E-state index contributed by atoms with van der Waals surface area (Å²) in [6.07, 6.45) is 10.1. The molecule has 3 unspecified atom stereocenters. The fourth-order valence-corrected chi connectivity index (χ4v) is 4.22. The van der Waals surface area contributed by atoms with Crippen LogP contribution in [0.3, 0.4) is 0 Å².